The number of rotatable bonds is 6. The van der Waals surface area contributed by atoms with Crippen molar-refractivity contribution in [1.82, 2.24) is 10.6 Å². The highest BCUT2D eigenvalue weighted by molar-refractivity contribution is 6.31. The van der Waals surface area contributed by atoms with Crippen LogP contribution in [0, 0.1) is 5.82 Å². The molecule has 0 aliphatic rings. The molecule has 1 amide bonds. The average Bonchev–Trinajstić information content (AvgIpc) is 2.26. The molecule has 0 unspecified atom stereocenters. The lowest BCUT2D eigenvalue weighted by Crippen LogP contribution is -2.32. The van der Waals surface area contributed by atoms with E-state index in [1.165, 1.54) is 6.07 Å². The van der Waals surface area contributed by atoms with Crippen molar-refractivity contribution in [1.29, 1.82) is 0 Å². The number of benzene rings is 1. The normalized spacial score (nSPS) is 10.7. The van der Waals surface area contributed by atoms with Gasteiger partial charge in [0.15, 0.2) is 0 Å². The molecule has 0 spiro atoms. The summed E-state index contributed by atoms with van der Waals surface area (Å²) in [5.74, 6) is -0.348. The van der Waals surface area contributed by atoms with Gasteiger partial charge in [0.25, 0.3) is 0 Å². The molecule has 0 heterocycles. The Morgan fingerprint density at radius 3 is 2.78 bits per heavy atom. The van der Waals surface area contributed by atoms with Gasteiger partial charge in [-0.1, -0.05) is 17.7 Å². The fraction of sp³-hybridized carbons (Fsp3) is 0.462. The van der Waals surface area contributed by atoms with E-state index in [0.717, 1.165) is 0 Å². The Kier molecular flexibility index (Phi) is 6.09. The summed E-state index contributed by atoms with van der Waals surface area (Å²) in [7, 11) is 0. The standard InChI is InChI=1S/C13H18ClFN2O/c1-9(2)17-13(18)6-7-16-8-10-11(14)4-3-5-12(10)15/h3-5,9,16H,6-8H2,1-2H3,(H,17,18). The SMILES string of the molecule is CC(C)NC(=O)CCNCc1c(F)cccc1Cl. The van der Waals surface area contributed by atoms with Crippen LogP contribution in [-0.2, 0) is 11.3 Å². The fourth-order valence-corrected chi connectivity index (χ4v) is 1.74. The first-order valence-corrected chi connectivity index (χ1v) is 6.31. The molecule has 100 valence electrons. The van der Waals surface area contributed by atoms with E-state index < -0.39 is 0 Å². The quantitative estimate of drug-likeness (QED) is 0.781. The van der Waals surface area contributed by atoms with Gasteiger partial charge >= 0.3 is 0 Å². The van der Waals surface area contributed by atoms with Crippen LogP contribution in [0.3, 0.4) is 0 Å². The molecular weight excluding hydrogens is 255 g/mol. The maximum atomic E-state index is 13.4. The zero-order valence-electron chi connectivity index (χ0n) is 10.6. The van der Waals surface area contributed by atoms with Crippen LogP contribution in [0.15, 0.2) is 18.2 Å². The molecule has 1 aromatic rings. The fourth-order valence-electron chi connectivity index (χ4n) is 1.51. The highest BCUT2D eigenvalue weighted by Crippen LogP contribution is 2.18. The number of carbonyl (C=O) groups is 1. The van der Waals surface area contributed by atoms with Crippen LogP contribution >= 0.6 is 11.6 Å². The van der Waals surface area contributed by atoms with Crippen molar-refractivity contribution in [3.8, 4) is 0 Å². The first-order valence-electron chi connectivity index (χ1n) is 5.93. The summed E-state index contributed by atoms with van der Waals surface area (Å²) in [5.41, 5.74) is 0.434. The Labute approximate surface area is 112 Å². The van der Waals surface area contributed by atoms with Crippen LogP contribution < -0.4 is 10.6 Å². The number of hydrogen-bond donors (Lipinski definition) is 2. The molecule has 0 aliphatic carbocycles. The minimum Gasteiger partial charge on any atom is -0.354 e. The molecule has 18 heavy (non-hydrogen) atoms. The zero-order valence-corrected chi connectivity index (χ0v) is 11.4. The molecule has 0 atom stereocenters. The molecule has 1 aromatic carbocycles. The van der Waals surface area contributed by atoms with E-state index in [0.29, 0.717) is 30.1 Å². The molecule has 0 aromatic heterocycles. The van der Waals surface area contributed by atoms with Crippen molar-refractivity contribution in [2.45, 2.75) is 32.9 Å². The largest absolute Gasteiger partial charge is 0.354 e. The Balaban J connectivity index is 2.32. The Hall–Kier alpha value is -1.13. The molecule has 0 saturated heterocycles. The summed E-state index contributed by atoms with van der Waals surface area (Å²) in [4.78, 5) is 11.3. The van der Waals surface area contributed by atoms with Crippen molar-refractivity contribution < 1.29 is 9.18 Å². The van der Waals surface area contributed by atoms with Gasteiger partial charge in [0.1, 0.15) is 5.82 Å². The van der Waals surface area contributed by atoms with Crippen LogP contribution in [0.4, 0.5) is 4.39 Å². The molecule has 1 rings (SSSR count). The maximum Gasteiger partial charge on any atom is 0.221 e. The predicted molar refractivity (Wildman–Crippen MR) is 71.0 cm³/mol. The average molecular weight is 273 g/mol. The van der Waals surface area contributed by atoms with Gasteiger partial charge in [-0.25, -0.2) is 4.39 Å². The van der Waals surface area contributed by atoms with Crippen molar-refractivity contribution >= 4 is 17.5 Å². The van der Waals surface area contributed by atoms with Crippen molar-refractivity contribution in [2.75, 3.05) is 6.54 Å². The lowest BCUT2D eigenvalue weighted by molar-refractivity contribution is -0.121. The second kappa shape index (κ2) is 7.34. The van der Waals surface area contributed by atoms with Gasteiger partial charge in [-0.15, -0.1) is 0 Å². The number of halogens is 2. The van der Waals surface area contributed by atoms with Crippen molar-refractivity contribution in [3.05, 3.63) is 34.6 Å². The van der Waals surface area contributed by atoms with Crippen LogP contribution in [0.1, 0.15) is 25.8 Å². The molecule has 3 nitrogen and oxygen atoms in total. The minimum atomic E-state index is -0.332. The maximum absolute atomic E-state index is 13.4. The summed E-state index contributed by atoms with van der Waals surface area (Å²) < 4.78 is 13.4. The summed E-state index contributed by atoms with van der Waals surface area (Å²) in [6, 6.07) is 4.72. The molecule has 0 aliphatic heterocycles. The Morgan fingerprint density at radius 1 is 1.44 bits per heavy atom. The number of hydrogen-bond acceptors (Lipinski definition) is 2. The summed E-state index contributed by atoms with van der Waals surface area (Å²) in [6.07, 6.45) is 0.365. The van der Waals surface area contributed by atoms with Gasteiger partial charge in [-0.2, -0.15) is 0 Å². The molecule has 0 fully saturated rings. The minimum absolute atomic E-state index is 0.0165. The van der Waals surface area contributed by atoms with Gasteiger partial charge in [0.05, 0.1) is 0 Å². The van der Waals surface area contributed by atoms with Gasteiger partial charge in [0.2, 0.25) is 5.91 Å². The highest BCUT2D eigenvalue weighted by atomic mass is 35.5. The smallest absolute Gasteiger partial charge is 0.221 e. The first kappa shape index (κ1) is 14.9. The highest BCUT2D eigenvalue weighted by Gasteiger charge is 2.07. The molecule has 0 saturated carbocycles. The zero-order chi connectivity index (χ0) is 13.5. The Morgan fingerprint density at radius 2 is 2.17 bits per heavy atom. The third-order valence-corrected chi connectivity index (χ3v) is 2.70. The second-order valence-electron chi connectivity index (χ2n) is 4.35. The third-order valence-electron chi connectivity index (χ3n) is 2.34. The van der Waals surface area contributed by atoms with Gasteiger partial charge in [-0.3, -0.25) is 4.79 Å². The summed E-state index contributed by atoms with van der Waals surface area (Å²) in [6.45, 7) is 4.62. The number of amides is 1. The summed E-state index contributed by atoms with van der Waals surface area (Å²) in [5, 5.41) is 6.18. The second-order valence-corrected chi connectivity index (χ2v) is 4.76. The van der Waals surface area contributed by atoms with E-state index in [1.807, 2.05) is 13.8 Å². The lowest BCUT2D eigenvalue weighted by atomic mass is 10.2. The van der Waals surface area contributed by atoms with Gasteiger partial charge in [-0.05, 0) is 26.0 Å². The predicted octanol–water partition coefficient (Wildman–Crippen LogP) is 2.48. The van der Waals surface area contributed by atoms with E-state index >= 15 is 0 Å². The molecule has 2 N–H and O–H groups in total. The summed E-state index contributed by atoms with van der Waals surface area (Å²) >= 11 is 5.88. The number of carbonyl (C=O) groups excluding carboxylic acids is 1. The van der Waals surface area contributed by atoms with Gasteiger partial charge in [0, 0.05) is 36.1 Å². The van der Waals surface area contributed by atoms with E-state index in [-0.39, 0.29) is 17.8 Å². The molecule has 5 heteroatoms. The van der Waals surface area contributed by atoms with Crippen LogP contribution in [0.2, 0.25) is 5.02 Å². The third kappa shape index (κ3) is 5.02. The van der Waals surface area contributed by atoms with E-state index in [9.17, 15) is 9.18 Å². The number of nitrogens with one attached hydrogen (secondary N) is 2. The van der Waals surface area contributed by atoms with Crippen LogP contribution in [0.5, 0.6) is 0 Å². The van der Waals surface area contributed by atoms with Crippen LogP contribution in [0.25, 0.3) is 0 Å². The Bertz CT molecular complexity index is 390. The van der Waals surface area contributed by atoms with Crippen molar-refractivity contribution in [2.24, 2.45) is 0 Å². The lowest BCUT2D eigenvalue weighted by Gasteiger charge is -2.10. The van der Waals surface area contributed by atoms with E-state index in [4.69, 9.17) is 11.6 Å². The topological polar surface area (TPSA) is 41.1 Å². The van der Waals surface area contributed by atoms with Crippen LogP contribution in [-0.4, -0.2) is 18.5 Å². The first-order chi connectivity index (χ1) is 8.50. The van der Waals surface area contributed by atoms with Crippen molar-refractivity contribution in [3.63, 3.8) is 0 Å². The molecule has 0 radical (unpaired) electrons. The van der Waals surface area contributed by atoms with E-state index in [1.54, 1.807) is 12.1 Å². The van der Waals surface area contributed by atoms with Gasteiger partial charge < -0.3 is 10.6 Å². The monoisotopic (exact) mass is 272 g/mol. The van der Waals surface area contributed by atoms with E-state index in [2.05, 4.69) is 10.6 Å². The molecular formula is C13H18ClFN2O. The molecule has 0 bridgehead atoms.